The fourth-order valence-electron chi connectivity index (χ4n) is 3.95. The number of carbonyl (C=O) groups is 1. The van der Waals surface area contributed by atoms with E-state index in [1.54, 1.807) is 47.7 Å². The van der Waals surface area contributed by atoms with E-state index >= 15 is 0 Å². The van der Waals surface area contributed by atoms with Gasteiger partial charge in [0.2, 0.25) is 6.41 Å². The zero-order valence-electron chi connectivity index (χ0n) is 20.0. The van der Waals surface area contributed by atoms with Crippen LogP contribution in [0.3, 0.4) is 0 Å². The molecule has 0 aliphatic carbocycles. The Hall–Kier alpha value is -3.55. The van der Waals surface area contributed by atoms with Crippen molar-refractivity contribution in [2.45, 2.75) is 0 Å². The normalized spacial score (nSPS) is 14.5. The van der Waals surface area contributed by atoms with Crippen LogP contribution in [-0.4, -0.2) is 61.6 Å². The van der Waals surface area contributed by atoms with Crippen LogP contribution in [0.5, 0.6) is 5.75 Å². The summed E-state index contributed by atoms with van der Waals surface area (Å²) in [6, 6.07) is 7.47. The first kappa shape index (κ1) is 26.1. The molecule has 2 N–H and O–H groups in total. The number of carbonyl (C=O) groups excluding carboxylic acids is 1. The molecular weight excluding hydrogens is 467 g/mol. The fourth-order valence-corrected chi connectivity index (χ4v) is 4.23. The number of hydrogen-bond acceptors (Lipinski definition) is 5. The largest absolute Gasteiger partial charge is 0.507 e. The van der Waals surface area contributed by atoms with Crippen molar-refractivity contribution in [3.63, 3.8) is 0 Å². The van der Waals surface area contributed by atoms with Gasteiger partial charge in [-0.3, -0.25) is 9.69 Å². The number of hydrogen-bond donors (Lipinski definition) is 2. The molecule has 35 heavy (non-hydrogen) atoms. The van der Waals surface area contributed by atoms with Gasteiger partial charge in [0.25, 0.3) is 0 Å². The van der Waals surface area contributed by atoms with Crippen LogP contribution in [-0.2, 0) is 4.79 Å². The number of halogens is 2. The van der Waals surface area contributed by atoms with Crippen molar-refractivity contribution in [3.8, 4) is 16.9 Å². The Bertz CT molecular complexity index is 1170. The molecule has 0 spiro atoms. The van der Waals surface area contributed by atoms with E-state index in [1.807, 2.05) is 14.1 Å². The van der Waals surface area contributed by atoms with Crippen molar-refractivity contribution in [2.24, 2.45) is 0 Å². The van der Waals surface area contributed by atoms with Crippen molar-refractivity contribution in [1.29, 1.82) is 0 Å². The van der Waals surface area contributed by atoms with Gasteiger partial charge < -0.3 is 20.2 Å². The molecule has 2 aromatic rings. The van der Waals surface area contributed by atoms with E-state index in [4.69, 9.17) is 11.6 Å². The van der Waals surface area contributed by atoms with Crippen molar-refractivity contribution >= 4 is 29.3 Å². The van der Waals surface area contributed by atoms with Crippen molar-refractivity contribution < 1.29 is 14.3 Å². The lowest BCUT2D eigenvalue weighted by molar-refractivity contribution is -0.106. The minimum Gasteiger partial charge on any atom is -0.507 e. The summed E-state index contributed by atoms with van der Waals surface area (Å²) in [5.41, 5.74) is 2.91. The van der Waals surface area contributed by atoms with Crippen LogP contribution in [0.25, 0.3) is 16.7 Å². The molecule has 0 saturated carbocycles. The molecule has 8 heteroatoms. The summed E-state index contributed by atoms with van der Waals surface area (Å²) in [6.07, 6.45) is 7.24. The highest BCUT2D eigenvalue weighted by molar-refractivity contribution is 6.34. The van der Waals surface area contributed by atoms with Gasteiger partial charge in [-0.1, -0.05) is 36.9 Å². The average Bonchev–Trinajstić information content (AvgIpc) is 2.85. The van der Waals surface area contributed by atoms with E-state index in [0.717, 1.165) is 31.9 Å². The number of nitrogens with one attached hydrogen (secondary N) is 1. The van der Waals surface area contributed by atoms with Crippen molar-refractivity contribution in [3.05, 3.63) is 90.1 Å². The molecule has 1 heterocycles. The van der Waals surface area contributed by atoms with Crippen molar-refractivity contribution in [2.75, 3.05) is 45.2 Å². The third kappa shape index (κ3) is 5.93. The van der Waals surface area contributed by atoms with E-state index in [9.17, 15) is 14.3 Å². The van der Waals surface area contributed by atoms with Gasteiger partial charge in [-0.25, -0.2) is 4.39 Å². The number of phenolic OH excluding ortho intramolecular Hbond substituents is 1. The molecule has 1 amide bonds. The van der Waals surface area contributed by atoms with Gasteiger partial charge in [-0.2, -0.15) is 0 Å². The van der Waals surface area contributed by atoms with E-state index in [1.165, 1.54) is 17.0 Å². The average molecular weight is 497 g/mol. The maximum atomic E-state index is 14.8. The number of phenols is 1. The van der Waals surface area contributed by atoms with Crippen molar-refractivity contribution in [1.82, 2.24) is 15.1 Å². The highest BCUT2D eigenvalue weighted by atomic mass is 35.5. The van der Waals surface area contributed by atoms with Gasteiger partial charge in [0.15, 0.2) is 0 Å². The maximum Gasteiger partial charge on any atom is 0.218 e. The first-order valence-electron chi connectivity index (χ1n) is 11.2. The van der Waals surface area contributed by atoms with Gasteiger partial charge in [0.05, 0.1) is 10.7 Å². The first-order chi connectivity index (χ1) is 16.8. The number of allylic oxidation sites excluding steroid dienone is 3. The molecule has 0 unspecified atom stereocenters. The second-order valence-corrected chi connectivity index (χ2v) is 8.64. The second kappa shape index (κ2) is 11.7. The molecule has 3 rings (SSSR count). The standard InChI is InChI=1S/C27H30ClFN4O2/c1-5-21(25(6-2)32-11-9-30-10-12-32)23-17-20(29)16-22(27(23)35)19-7-8-26(24(28)15-19)33(18-34)14-13-31(3)4/h5-8,13-18,30,35H,1-2,9-12H2,3-4H3/b14-13-,25-21-. The molecule has 1 fully saturated rings. The summed E-state index contributed by atoms with van der Waals surface area (Å²) in [7, 11) is 3.67. The molecule has 0 aromatic heterocycles. The van der Waals surface area contributed by atoms with Crippen LogP contribution in [0.1, 0.15) is 5.56 Å². The number of rotatable bonds is 9. The van der Waals surface area contributed by atoms with Crippen LogP contribution in [0.15, 0.2) is 73.7 Å². The second-order valence-electron chi connectivity index (χ2n) is 8.23. The van der Waals surface area contributed by atoms with Gasteiger partial charge in [0, 0.05) is 75.1 Å². The molecule has 1 aliphatic heterocycles. The number of aromatic hydroxyl groups is 1. The lowest BCUT2D eigenvalue weighted by atomic mass is 9.95. The lowest BCUT2D eigenvalue weighted by Crippen LogP contribution is -2.42. The van der Waals surface area contributed by atoms with Crippen LogP contribution in [0.2, 0.25) is 5.02 Å². The van der Waals surface area contributed by atoms with Crippen LogP contribution < -0.4 is 10.2 Å². The minimum atomic E-state index is -0.514. The Morgan fingerprint density at radius 1 is 1.14 bits per heavy atom. The van der Waals surface area contributed by atoms with Gasteiger partial charge in [-0.05, 0) is 35.9 Å². The van der Waals surface area contributed by atoms with Crippen LogP contribution in [0.4, 0.5) is 10.1 Å². The Kier molecular flexibility index (Phi) is 8.73. The Morgan fingerprint density at radius 2 is 1.86 bits per heavy atom. The predicted molar refractivity (Wildman–Crippen MR) is 142 cm³/mol. The summed E-state index contributed by atoms with van der Waals surface area (Å²) in [6.45, 7) is 11.0. The highest BCUT2D eigenvalue weighted by Gasteiger charge is 2.20. The Morgan fingerprint density at radius 3 is 2.43 bits per heavy atom. The summed E-state index contributed by atoms with van der Waals surface area (Å²) < 4.78 is 14.8. The first-order valence-corrected chi connectivity index (χ1v) is 11.5. The summed E-state index contributed by atoms with van der Waals surface area (Å²) in [4.78, 5) is 16.8. The number of piperazine rings is 1. The summed E-state index contributed by atoms with van der Waals surface area (Å²) in [5.74, 6) is -0.612. The zero-order valence-corrected chi connectivity index (χ0v) is 20.7. The smallest absolute Gasteiger partial charge is 0.218 e. The SMILES string of the molecule is C=C/C(=C(\C=C)N1CCNCC1)c1cc(F)cc(-c2ccc(N(C=O)/C=C\N(C)C)c(Cl)c2)c1O. The molecule has 0 bridgehead atoms. The molecule has 0 radical (unpaired) electrons. The predicted octanol–water partition coefficient (Wildman–Crippen LogP) is 4.84. The number of benzene rings is 2. The fraction of sp³-hybridized carbons (Fsp3) is 0.222. The van der Waals surface area contributed by atoms with E-state index < -0.39 is 5.82 Å². The van der Waals surface area contributed by atoms with E-state index in [0.29, 0.717) is 28.8 Å². The van der Waals surface area contributed by atoms with Crippen LogP contribution in [0, 0.1) is 5.82 Å². The molecule has 2 aromatic carbocycles. The monoisotopic (exact) mass is 496 g/mol. The van der Waals surface area contributed by atoms with Gasteiger partial charge in [-0.15, -0.1) is 0 Å². The van der Waals surface area contributed by atoms with Gasteiger partial charge in [0.1, 0.15) is 11.6 Å². The summed E-state index contributed by atoms with van der Waals surface area (Å²) in [5, 5.41) is 14.8. The molecule has 0 atom stereocenters. The topological polar surface area (TPSA) is 59.0 Å². The number of amides is 1. The molecule has 1 saturated heterocycles. The molecule has 184 valence electrons. The van der Waals surface area contributed by atoms with Gasteiger partial charge >= 0.3 is 0 Å². The number of nitrogens with zero attached hydrogens (tertiary/aromatic N) is 3. The highest BCUT2D eigenvalue weighted by Crippen LogP contribution is 2.40. The third-order valence-electron chi connectivity index (χ3n) is 5.67. The lowest BCUT2D eigenvalue weighted by Gasteiger charge is -2.32. The van der Waals surface area contributed by atoms with E-state index in [2.05, 4.69) is 23.4 Å². The van der Waals surface area contributed by atoms with Crippen LogP contribution >= 0.6 is 11.6 Å². The van der Waals surface area contributed by atoms with E-state index in [-0.39, 0.29) is 16.3 Å². The Labute approximate surface area is 210 Å². The molecular formula is C27H30ClFN4O2. The minimum absolute atomic E-state index is 0.0978. The Balaban J connectivity index is 2.09. The quantitative estimate of drug-likeness (QED) is 0.384. The third-order valence-corrected chi connectivity index (χ3v) is 5.97. The molecule has 1 aliphatic rings. The maximum absolute atomic E-state index is 14.8. The number of anilines is 1. The molecule has 6 nitrogen and oxygen atoms in total. The summed E-state index contributed by atoms with van der Waals surface area (Å²) >= 11 is 6.49. The zero-order chi connectivity index (χ0) is 25.5.